The monoisotopic (exact) mass is 418 g/mol. The highest BCUT2D eigenvalue weighted by Crippen LogP contribution is 2.31. The van der Waals surface area contributed by atoms with E-state index < -0.39 is 6.17 Å². The van der Waals surface area contributed by atoms with E-state index in [1.165, 1.54) is 0 Å². The number of para-hydroxylation sites is 1. The van der Waals surface area contributed by atoms with Gasteiger partial charge in [0, 0.05) is 11.1 Å². The minimum Gasteiger partial charge on any atom is -0.497 e. The normalized spacial score (nSPS) is 11.7. The van der Waals surface area contributed by atoms with Crippen molar-refractivity contribution in [2.24, 2.45) is 0 Å². The molecular formula is C23H22N4O4. The van der Waals surface area contributed by atoms with E-state index in [9.17, 15) is 4.79 Å². The van der Waals surface area contributed by atoms with Gasteiger partial charge in [0.15, 0.2) is 17.7 Å². The molecule has 0 bridgehead atoms. The van der Waals surface area contributed by atoms with Crippen LogP contribution in [0, 0.1) is 0 Å². The number of nitrogens with one attached hydrogen (secondary N) is 1. The van der Waals surface area contributed by atoms with Gasteiger partial charge in [-0.15, -0.1) is 5.10 Å². The van der Waals surface area contributed by atoms with Crippen molar-refractivity contribution >= 4 is 16.9 Å². The number of fused-ring (bicyclic) bond motifs is 1. The van der Waals surface area contributed by atoms with Crippen LogP contribution in [-0.2, 0) is 0 Å². The zero-order chi connectivity index (χ0) is 21.8. The Bertz CT molecular complexity index is 1200. The van der Waals surface area contributed by atoms with Crippen molar-refractivity contribution in [2.75, 3.05) is 21.3 Å². The van der Waals surface area contributed by atoms with Crippen LogP contribution in [0.2, 0.25) is 0 Å². The minimum atomic E-state index is -0.623. The molecule has 158 valence electrons. The maximum Gasteiger partial charge on any atom is 0.253 e. The maximum atomic E-state index is 13.1. The Hall–Kier alpha value is -4.07. The summed E-state index contributed by atoms with van der Waals surface area (Å²) in [6, 6.07) is 19.9. The van der Waals surface area contributed by atoms with E-state index in [2.05, 4.69) is 15.6 Å². The molecule has 4 aromatic rings. The molecule has 0 saturated heterocycles. The fourth-order valence-electron chi connectivity index (χ4n) is 3.34. The highest BCUT2D eigenvalue weighted by molar-refractivity contribution is 5.94. The number of hydrogen-bond donors (Lipinski definition) is 1. The lowest BCUT2D eigenvalue weighted by molar-refractivity contribution is 0.0927. The van der Waals surface area contributed by atoms with Crippen molar-refractivity contribution < 1.29 is 19.0 Å². The number of aromatic nitrogens is 3. The fourth-order valence-corrected chi connectivity index (χ4v) is 3.34. The summed E-state index contributed by atoms with van der Waals surface area (Å²) in [6.45, 7) is 0. The maximum absolute atomic E-state index is 13.1. The zero-order valence-corrected chi connectivity index (χ0v) is 17.4. The lowest BCUT2D eigenvalue weighted by Crippen LogP contribution is -2.34. The van der Waals surface area contributed by atoms with Gasteiger partial charge >= 0.3 is 0 Å². The molecule has 1 N–H and O–H groups in total. The van der Waals surface area contributed by atoms with Crippen LogP contribution in [0.5, 0.6) is 17.2 Å². The molecule has 0 saturated carbocycles. The number of methoxy groups -OCH3 is 3. The van der Waals surface area contributed by atoms with Crippen molar-refractivity contribution in [3.63, 3.8) is 0 Å². The smallest absolute Gasteiger partial charge is 0.253 e. The summed E-state index contributed by atoms with van der Waals surface area (Å²) >= 11 is 0. The van der Waals surface area contributed by atoms with E-state index in [-0.39, 0.29) is 5.91 Å². The molecule has 0 aliphatic heterocycles. The molecule has 1 amide bonds. The van der Waals surface area contributed by atoms with Crippen LogP contribution in [0.3, 0.4) is 0 Å². The van der Waals surface area contributed by atoms with E-state index in [4.69, 9.17) is 14.2 Å². The predicted octanol–water partition coefficient (Wildman–Crippen LogP) is 3.43. The second-order valence-electron chi connectivity index (χ2n) is 6.74. The van der Waals surface area contributed by atoms with E-state index in [1.54, 1.807) is 56.3 Å². The van der Waals surface area contributed by atoms with Gasteiger partial charge in [-0.1, -0.05) is 23.4 Å². The molecular weight excluding hydrogens is 396 g/mol. The molecule has 1 aromatic heterocycles. The summed E-state index contributed by atoms with van der Waals surface area (Å²) in [6.07, 6.45) is -0.623. The summed E-state index contributed by atoms with van der Waals surface area (Å²) in [4.78, 5) is 13.1. The van der Waals surface area contributed by atoms with Gasteiger partial charge in [-0.2, -0.15) is 0 Å². The van der Waals surface area contributed by atoms with Gasteiger partial charge in [0.05, 0.1) is 26.8 Å². The van der Waals surface area contributed by atoms with E-state index in [0.29, 0.717) is 22.8 Å². The molecule has 0 spiro atoms. The Morgan fingerprint density at radius 1 is 0.903 bits per heavy atom. The fraction of sp³-hybridized carbons (Fsp3) is 0.174. The SMILES string of the molecule is COc1ccc(C(=O)NC(c2ccc(OC)c(OC)c2)n2nnc3ccccc32)cc1. The number of carbonyl (C=O) groups excluding carboxylic acids is 1. The Kier molecular flexibility index (Phi) is 5.70. The van der Waals surface area contributed by atoms with Crippen LogP contribution in [-0.4, -0.2) is 42.2 Å². The number of carbonyl (C=O) groups is 1. The van der Waals surface area contributed by atoms with Gasteiger partial charge in [0.2, 0.25) is 0 Å². The Morgan fingerprint density at radius 2 is 1.65 bits per heavy atom. The van der Waals surface area contributed by atoms with Crippen LogP contribution in [0.25, 0.3) is 11.0 Å². The minimum absolute atomic E-state index is 0.262. The first kappa shape index (κ1) is 20.2. The van der Waals surface area contributed by atoms with Crippen molar-refractivity contribution in [2.45, 2.75) is 6.17 Å². The van der Waals surface area contributed by atoms with Gasteiger partial charge in [-0.25, -0.2) is 4.68 Å². The van der Waals surface area contributed by atoms with E-state index in [0.717, 1.165) is 16.6 Å². The molecule has 0 aliphatic carbocycles. The Balaban J connectivity index is 1.76. The molecule has 1 unspecified atom stereocenters. The van der Waals surface area contributed by atoms with Crippen LogP contribution >= 0.6 is 0 Å². The molecule has 0 fully saturated rings. The van der Waals surface area contributed by atoms with Gasteiger partial charge in [-0.3, -0.25) is 4.79 Å². The Morgan fingerprint density at radius 3 is 2.35 bits per heavy atom. The number of nitrogens with zero attached hydrogens (tertiary/aromatic N) is 3. The van der Waals surface area contributed by atoms with E-state index in [1.807, 2.05) is 36.4 Å². The van der Waals surface area contributed by atoms with Crippen LogP contribution in [0.15, 0.2) is 66.7 Å². The average molecular weight is 418 g/mol. The second kappa shape index (κ2) is 8.74. The number of amides is 1. The average Bonchev–Trinajstić information content (AvgIpc) is 3.26. The predicted molar refractivity (Wildman–Crippen MR) is 116 cm³/mol. The number of benzene rings is 3. The van der Waals surface area contributed by atoms with Crippen LogP contribution in [0.1, 0.15) is 22.1 Å². The molecule has 1 heterocycles. The third kappa shape index (κ3) is 4.00. The highest BCUT2D eigenvalue weighted by Gasteiger charge is 2.22. The summed E-state index contributed by atoms with van der Waals surface area (Å²) in [5.74, 6) is 1.56. The molecule has 1 atom stereocenters. The van der Waals surface area contributed by atoms with Gasteiger partial charge in [0.25, 0.3) is 5.91 Å². The van der Waals surface area contributed by atoms with Gasteiger partial charge < -0.3 is 19.5 Å². The standard InChI is InChI=1S/C23H22N4O4/c1-29-17-11-8-15(9-12-17)23(28)24-22(16-10-13-20(30-2)21(14-16)31-3)27-19-7-5-4-6-18(19)25-26-27/h4-14,22H,1-3H3,(H,24,28). The Labute approximate surface area is 179 Å². The lowest BCUT2D eigenvalue weighted by atomic mass is 10.1. The van der Waals surface area contributed by atoms with E-state index >= 15 is 0 Å². The number of rotatable bonds is 7. The topological polar surface area (TPSA) is 87.5 Å². The van der Waals surface area contributed by atoms with Crippen molar-refractivity contribution in [1.29, 1.82) is 0 Å². The van der Waals surface area contributed by atoms with Crippen LogP contribution < -0.4 is 19.5 Å². The first-order valence-electron chi connectivity index (χ1n) is 9.61. The molecule has 3 aromatic carbocycles. The number of hydrogen-bond acceptors (Lipinski definition) is 6. The zero-order valence-electron chi connectivity index (χ0n) is 17.4. The molecule has 8 nitrogen and oxygen atoms in total. The molecule has 8 heteroatoms. The van der Waals surface area contributed by atoms with Gasteiger partial charge in [0.1, 0.15) is 11.3 Å². The summed E-state index contributed by atoms with van der Waals surface area (Å²) in [5.41, 5.74) is 2.77. The van der Waals surface area contributed by atoms with Crippen LogP contribution in [0.4, 0.5) is 0 Å². The highest BCUT2D eigenvalue weighted by atomic mass is 16.5. The first-order chi connectivity index (χ1) is 15.1. The largest absolute Gasteiger partial charge is 0.497 e. The third-order valence-corrected chi connectivity index (χ3v) is 4.97. The second-order valence-corrected chi connectivity index (χ2v) is 6.74. The van der Waals surface area contributed by atoms with Crippen molar-refractivity contribution in [3.05, 3.63) is 77.9 Å². The van der Waals surface area contributed by atoms with Gasteiger partial charge in [-0.05, 0) is 48.5 Å². The molecule has 31 heavy (non-hydrogen) atoms. The lowest BCUT2D eigenvalue weighted by Gasteiger charge is -2.21. The first-order valence-corrected chi connectivity index (χ1v) is 9.61. The summed E-state index contributed by atoms with van der Waals surface area (Å²) in [5, 5.41) is 11.6. The molecule has 0 aliphatic rings. The molecule has 0 radical (unpaired) electrons. The number of ether oxygens (including phenoxy) is 3. The molecule has 4 rings (SSSR count). The summed E-state index contributed by atoms with van der Waals surface area (Å²) < 4.78 is 17.6. The summed E-state index contributed by atoms with van der Waals surface area (Å²) in [7, 11) is 4.72. The third-order valence-electron chi connectivity index (χ3n) is 4.97. The van der Waals surface area contributed by atoms with Crippen molar-refractivity contribution in [3.8, 4) is 17.2 Å². The van der Waals surface area contributed by atoms with Crippen molar-refractivity contribution in [1.82, 2.24) is 20.3 Å². The quantitative estimate of drug-likeness (QED) is 0.495.